The summed E-state index contributed by atoms with van der Waals surface area (Å²) < 4.78 is 12.0. The smallest absolute Gasteiger partial charge is 0.224 e. The fourth-order valence-corrected chi connectivity index (χ4v) is 4.83. The van der Waals surface area contributed by atoms with Gasteiger partial charge in [-0.15, -0.1) is 0 Å². The summed E-state index contributed by atoms with van der Waals surface area (Å²) in [7, 11) is 0. The number of carbonyl (C=O) groups is 1. The number of amides is 1. The molecule has 0 aromatic rings. The Balaban J connectivity index is 1.82. The summed E-state index contributed by atoms with van der Waals surface area (Å²) in [6.07, 6.45) is 8.25. The Morgan fingerprint density at radius 1 is 1.32 bits per heavy atom. The van der Waals surface area contributed by atoms with Crippen molar-refractivity contribution in [2.75, 3.05) is 13.2 Å². The standard InChI is InChI=1S/C15H21NO3/c1-14-10-4-2-3-5-11(14)15(18-8-9-19-15)7-6-12(14)16-13(10)17/h3,5,10-12H,2,4,6-9H2,1H3,(H,16,17)/t10-,11?,12-,14-/m1/s1. The number of hydrogen-bond donors (Lipinski definition) is 1. The van der Waals surface area contributed by atoms with Crippen LogP contribution in [0.1, 0.15) is 32.6 Å². The minimum atomic E-state index is -0.476. The van der Waals surface area contributed by atoms with Crippen molar-refractivity contribution in [2.45, 2.75) is 44.4 Å². The van der Waals surface area contributed by atoms with Gasteiger partial charge in [0.1, 0.15) is 0 Å². The predicted molar refractivity (Wildman–Crippen MR) is 69.3 cm³/mol. The van der Waals surface area contributed by atoms with E-state index in [2.05, 4.69) is 24.4 Å². The molecule has 1 amide bonds. The second-order valence-electron chi connectivity index (χ2n) is 6.51. The van der Waals surface area contributed by atoms with Gasteiger partial charge < -0.3 is 14.8 Å². The van der Waals surface area contributed by atoms with E-state index in [1.54, 1.807) is 0 Å². The summed E-state index contributed by atoms with van der Waals surface area (Å²) in [5, 5.41) is 3.22. The van der Waals surface area contributed by atoms with Crippen LogP contribution >= 0.6 is 0 Å². The van der Waals surface area contributed by atoms with Gasteiger partial charge in [-0.2, -0.15) is 0 Å². The molecule has 4 heteroatoms. The highest BCUT2D eigenvalue weighted by Gasteiger charge is 2.65. The molecule has 3 fully saturated rings. The van der Waals surface area contributed by atoms with Crippen molar-refractivity contribution < 1.29 is 14.3 Å². The van der Waals surface area contributed by atoms with E-state index in [4.69, 9.17) is 9.47 Å². The van der Waals surface area contributed by atoms with Crippen molar-refractivity contribution in [2.24, 2.45) is 17.3 Å². The second-order valence-corrected chi connectivity index (χ2v) is 6.51. The molecule has 0 aromatic heterocycles. The van der Waals surface area contributed by atoms with Gasteiger partial charge in [-0.25, -0.2) is 0 Å². The van der Waals surface area contributed by atoms with Crippen LogP contribution in [0, 0.1) is 17.3 Å². The van der Waals surface area contributed by atoms with Crippen LogP contribution in [0.4, 0.5) is 0 Å². The molecule has 1 N–H and O–H groups in total. The lowest BCUT2D eigenvalue weighted by Gasteiger charge is -2.51. The van der Waals surface area contributed by atoms with Crippen molar-refractivity contribution in [3.63, 3.8) is 0 Å². The van der Waals surface area contributed by atoms with E-state index in [1.165, 1.54) is 0 Å². The monoisotopic (exact) mass is 263 g/mol. The minimum Gasteiger partial charge on any atom is -0.353 e. The number of allylic oxidation sites excluding steroid dienone is 1. The van der Waals surface area contributed by atoms with E-state index in [0.29, 0.717) is 13.2 Å². The van der Waals surface area contributed by atoms with Crippen molar-refractivity contribution in [1.82, 2.24) is 5.32 Å². The SMILES string of the molecule is C[C@]12C3C=CCC[C@@H]1C(=O)N[C@@H]2CCC31OCCO1. The van der Waals surface area contributed by atoms with Crippen molar-refractivity contribution in [3.8, 4) is 0 Å². The van der Waals surface area contributed by atoms with E-state index in [-0.39, 0.29) is 29.2 Å². The van der Waals surface area contributed by atoms with Gasteiger partial charge in [-0.05, 0) is 19.3 Å². The largest absolute Gasteiger partial charge is 0.353 e. The average molecular weight is 263 g/mol. The van der Waals surface area contributed by atoms with Crippen molar-refractivity contribution >= 4 is 5.91 Å². The van der Waals surface area contributed by atoms with Crippen molar-refractivity contribution in [1.29, 1.82) is 0 Å². The first-order chi connectivity index (χ1) is 9.17. The van der Waals surface area contributed by atoms with Gasteiger partial charge in [0.2, 0.25) is 5.91 Å². The Kier molecular flexibility index (Phi) is 2.40. The molecule has 2 aliphatic carbocycles. The summed E-state index contributed by atoms with van der Waals surface area (Å²) in [5.74, 6) is 0.0443. The van der Waals surface area contributed by atoms with Crippen LogP contribution in [-0.4, -0.2) is 30.9 Å². The molecular formula is C15H21NO3. The van der Waals surface area contributed by atoms with E-state index < -0.39 is 5.79 Å². The zero-order chi connectivity index (χ0) is 13.1. The van der Waals surface area contributed by atoms with Gasteiger partial charge in [0.15, 0.2) is 5.79 Å². The summed E-state index contributed by atoms with van der Waals surface area (Å²) in [6.45, 7) is 3.61. The first kappa shape index (κ1) is 11.9. The molecule has 1 spiro atoms. The van der Waals surface area contributed by atoms with Crippen LogP contribution in [0.15, 0.2) is 12.2 Å². The third kappa shape index (κ3) is 1.39. The lowest BCUT2D eigenvalue weighted by atomic mass is 9.58. The molecule has 4 nitrogen and oxygen atoms in total. The van der Waals surface area contributed by atoms with Gasteiger partial charge in [-0.3, -0.25) is 4.79 Å². The summed E-state index contributed by atoms with van der Waals surface area (Å²) in [4.78, 5) is 12.3. The average Bonchev–Trinajstić information content (AvgIpc) is 2.87. The van der Waals surface area contributed by atoms with Gasteiger partial charge in [0.25, 0.3) is 0 Å². The Bertz CT molecular complexity index is 441. The van der Waals surface area contributed by atoms with E-state index in [9.17, 15) is 4.79 Å². The van der Waals surface area contributed by atoms with Crippen LogP contribution < -0.4 is 5.32 Å². The molecule has 0 aromatic carbocycles. The Morgan fingerprint density at radius 3 is 2.89 bits per heavy atom. The molecule has 4 rings (SSSR count). The van der Waals surface area contributed by atoms with E-state index >= 15 is 0 Å². The highest BCUT2D eigenvalue weighted by molar-refractivity contribution is 5.83. The maximum Gasteiger partial charge on any atom is 0.224 e. The highest BCUT2D eigenvalue weighted by atomic mass is 16.7. The van der Waals surface area contributed by atoms with Crippen LogP contribution in [-0.2, 0) is 14.3 Å². The number of carbonyl (C=O) groups excluding carboxylic acids is 1. The van der Waals surface area contributed by atoms with Crippen molar-refractivity contribution in [3.05, 3.63) is 12.2 Å². The second kappa shape index (κ2) is 3.83. The normalized spacial score (nSPS) is 47.0. The quantitative estimate of drug-likeness (QED) is 0.675. The third-order valence-electron chi connectivity index (χ3n) is 5.79. The molecule has 2 aliphatic heterocycles. The molecule has 0 radical (unpaired) electrons. The highest BCUT2D eigenvalue weighted by Crippen LogP contribution is 2.58. The summed E-state index contributed by atoms with van der Waals surface area (Å²) in [6, 6.07) is 0.274. The molecule has 4 atom stereocenters. The van der Waals surface area contributed by atoms with Crippen LogP contribution in [0.25, 0.3) is 0 Å². The zero-order valence-electron chi connectivity index (χ0n) is 11.4. The maximum atomic E-state index is 12.3. The first-order valence-electron chi connectivity index (χ1n) is 7.42. The minimum absolute atomic E-state index is 0.0628. The molecule has 2 saturated heterocycles. The zero-order valence-corrected chi connectivity index (χ0v) is 11.4. The predicted octanol–water partition coefficient (Wildman–Crippen LogP) is 1.61. The maximum absolute atomic E-state index is 12.3. The van der Waals surface area contributed by atoms with Crippen LogP contribution in [0.2, 0.25) is 0 Å². The van der Waals surface area contributed by atoms with E-state index in [1.807, 2.05) is 0 Å². The number of rotatable bonds is 0. The number of ether oxygens (including phenoxy) is 2. The number of fused-ring (bicyclic) bond motifs is 1. The van der Waals surface area contributed by atoms with E-state index in [0.717, 1.165) is 25.7 Å². The Labute approximate surface area is 113 Å². The van der Waals surface area contributed by atoms with Crippen LogP contribution in [0.5, 0.6) is 0 Å². The van der Waals surface area contributed by atoms with Gasteiger partial charge in [0, 0.05) is 29.7 Å². The first-order valence-corrected chi connectivity index (χ1v) is 7.42. The lowest BCUT2D eigenvalue weighted by molar-refractivity contribution is -0.235. The molecule has 1 unspecified atom stereocenters. The molecule has 19 heavy (non-hydrogen) atoms. The topological polar surface area (TPSA) is 47.6 Å². The van der Waals surface area contributed by atoms with Gasteiger partial charge in [0.05, 0.1) is 13.2 Å². The van der Waals surface area contributed by atoms with Gasteiger partial charge in [-0.1, -0.05) is 19.1 Å². The fourth-order valence-electron chi connectivity index (χ4n) is 4.83. The number of nitrogens with one attached hydrogen (secondary N) is 1. The van der Waals surface area contributed by atoms with Crippen LogP contribution in [0.3, 0.4) is 0 Å². The number of hydrogen-bond acceptors (Lipinski definition) is 3. The Hall–Kier alpha value is -0.870. The fraction of sp³-hybridized carbons (Fsp3) is 0.800. The molecular weight excluding hydrogens is 242 g/mol. The molecule has 0 bridgehead atoms. The summed E-state index contributed by atoms with van der Waals surface area (Å²) >= 11 is 0. The third-order valence-corrected chi connectivity index (χ3v) is 5.79. The Morgan fingerprint density at radius 2 is 2.11 bits per heavy atom. The summed E-state index contributed by atoms with van der Waals surface area (Å²) in [5.41, 5.74) is -0.0628. The van der Waals surface area contributed by atoms with Gasteiger partial charge >= 0.3 is 0 Å². The molecule has 104 valence electrons. The molecule has 2 heterocycles. The lowest BCUT2D eigenvalue weighted by Crippen LogP contribution is -2.57. The molecule has 4 aliphatic rings. The molecule has 1 saturated carbocycles.